The Morgan fingerprint density at radius 2 is 2.35 bits per heavy atom. The molecule has 0 spiro atoms. The number of aromatic nitrogens is 1. The standard InChI is InChI=1S/C13H21ClN4O2/c1-2-19-9-4-7-17-13(15)18-8-10-20-12-11(14)5-3-6-16-12/h3,5-6H,2,4,7-10H2,1H3,(H3,15,17,18). The highest BCUT2D eigenvalue weighted by molar-refractivity contribution is 6.31. The molecule has 0 aliphatic carbocycles. The second kappa shape index (κ2) is 10.3. The maximum atomic E-state index is 5.91. The van der Waals surface area contributed by atoms with Gasteiger partial charge in [-0.2, -0.15) is 0 Å². The summed E-state index contributed by atoms with van der Waals surface area (Å²) in [6.45, 7) is 4.98. The fourth-order valence-corrected chi connectivity index (χ4v) is 1.55. The second-order valence-corrected chi connectivity index (χ2v) is 4.29. The Bertz CT molecular complexity index is 415. The highest BCUT2D eigenvalue weighted by Gasteiger charge is 2.00. The van der Waals surface area contributed by atoms with E-state index in [1.165, 1.54) is 0 Å². The molecule has 7 heteroatoms. The molecule has 0 fully saturated rings. The smallest absolute Gasteiger partial charge is 0.232 e. The minimum Gasteiger partial charge on any atom is -0.475 e. The van der Waals surface area contributed by atoms with Crippen LogP contribution in [-0.4, -0.2) is 43.9 Å². The molecule has 0 aliphatic rings. The average molecular weight is 301 g/mol. The van der Waals surface area contributed by atoms with Gasteiger partial charge in [-0.1, -0.05) is 11.6 Å². The summed E-state index contributed by atoms with van der Waals surface area (Å²) in [5.74, 6) is 0.820. The van der Waals surface area contributed by atoms with E-state index in [9.17, 15) is 0 Å². The quantitative estimate of drug-likeness (QED) is 0.410. The van der Waals surface area contributed by atoms with E-state index >= 15 is 0 Å². The maximum absolute atomic E-state index is 5.91. The average Bonchev–Trinajstić information content (AvgIpc) is 2.45. The molecule has 0 aliphatic heterocycles. The van der Waals surface area contributed by atoms with Crippen molar-refractivity contribution in [2.45, 2.75) is 13.3 Å². The van der Waals surface area contributed by atoms with Crippen LogP contribution in [0.4, 0.5) is 0 Å². The number of halogens is 1. The van der Waals surface area contributed by atoms with Crippen molar-refractivity contribution < 1.29 is 9.47 Å². The fraction of sp³-hybridized carbons (Fsp3) is 0.538. The normalized spacial score (nSPS) is 11.4. The largest absolute Gasteiger partial charge is 0.475 e. The number of hydrogen-bond acceptors (Lipinski definition) is 4. The van der Waals surface area contributed by atoms with Crippen LogP contribution in [0.3, 0.4) is 0 Å². The van der Waals surface area contributed by atoms with Gasteiger partial charge in [-0.15, -0.1) is 0 Å². The zero-order valence-electron chi connectivity index (χ0n) is 11.6. The number of pyridine rings is 1. The van der Waals surface area contributed by atoms with E-state index in [0.29, 0.717) is 43.2 Å². The lowest BCUT2D eigenvalue weighted by atomic mass is 10.4. The summed E-state index contributed by atoms with van der Waals surface area (Å²) < 4.78 is 10.6. The molecule has 0 radical (unpaired) electrons. The number of nitrogens with zero attached hydrogens (tertiary/aromatic N) is 2. The van der Waals surface area contributed by atoms with Gasteiger partial charge in [-0.3, -0.25) is 4.99 Å². The summed E-state index contributed by atoms with van der Waals surface area (Å²) >= 11 is 5.91. The zero-order chi connectivity index (χ0) is 14.6. The molecule has 112 valence electrons. The van der Waals surface area contributed by atoms with Gasteiger partial charge in [0.15, 0.2) is 5.96 Å². The van der Waals surface area contributed by atoms with E-state index in [-0.39, 0.29) is 0 Å². The molecule has 0 bridgehead atoms. The van der Waals surface area contributed by atoms with Crippen molar-refractivity contribution in [2.24, 2.45) is 10.7 Å². The van der Waals surface area contributed by atoms with Gasteiger partial charge in [0.2, 0.25) is 5.88 Å². The first-order valence-electron chi connectivity index (χ1n) is 6.59. The third-order valence-electron chi connectivity index (χ3n) is 2.30. The van der Waals surface area contributed by atoms with Gasteiger partial charge in [0.05, 0.1) is 6.54 Å². The van der Waals surface area contributed by atoms with Crippen molar-refractivity contribution in [3.63, 3.8) is 0 Å². The van der Waals surface area contributed by atoms with Crippen LogP contribution >= 0.6 is 11.6 Å². The lowest BCUT2D eigenvalue weighted by Gasteiger charge is -2.08. The van der Waals surface area contributed by atoms with Crippen molar-refractivity contribution >= 4 is 17.6 Å². The molecule has 0 unspecified atom stereocenters. The van der Waals surface area contributed by atoms with Gasteiger partial charge >= 0.3 is 0 Å². The summed E-state index contributed by atoms with van der Waals surface area (Å²) in [6.07, 6.45) is 2.49. The van der Waals surface area contributed by atoms with Crippen LogP contribution in [-0.2, 0) is 4.74 Å². The van der Waals surface area contributed by atoms with Crippen LogP contribution in [0.15, 0.2) is 23.3 Å². The molecule has 1 aromatic rings. The molecular formula is C13H21ClN4O2. The summed E-state index contributed by atoms with van der Waals surface area (Å²) in [6, 6.07) is 3.48. The van der Waals surface area contributed by atoms with Gasteiger partial charge in [-0.05, 0) is 25.5 Å². The Hall–Kier alpha value is -1.53. The first kappa shape index (κ1) is 16.5. The minimum absolute atomic E-state index is 0.400. The Kier molecular flexibility index (Phi) is 8.49. The molecule has 3 N–H and O–H groups in total. The summed E-state index contributed by atoms with van der Waals surface area (Å²) in [5, 5.41) is 3.45. The molecule has 0 saturated carbocycles. The molecule has 20 heavy (non-hydrogen) atoms. The van der Waals surface area contributed by atoms with E-state index < -0.39 is 0 Å². The lowest BCUT2D eigenvalue weighted by molar-refractivity contribution is 0.146. The van der Waals surface area contributed by atoms with Gasteiger partial charge in [0.1, 0.15) is 11.6 Å². The Morgan fingerprint density at radius 3 is 3.10 bits per heavy atom. The molecule has 0 saturated heterocycles. The van der Waals surface area contributed by atoms with Crippen LogP contribution in [0.2, 0.25) is 5.02 Å². The number of ether oxygens (including phenoxy) is 2. The number of rotatable bonds is 9. The van der Waals surface area contributed by atoms with E-state index in [0.717, 1.165) is 13.0 Å². The van der Waals surface area contributed by atoms with E-state index in [1.807, 2.05) is 6.92 Å². The summed E-state index contributed by atoms with van der Waals surface area (Å²) in [4.78, 5) is 8.18. The van der Waals surface area contributed by atoms with Crippen LogP contribution in [0.25, 0.3) is 0 Å². The van der Waals surface area contributed by atoms with Crippen LogP contribution in [0, 0.1) is 0 Å². The maximum Gasteiger partial charge on any atom is 0.232 e. The van der Waals surface area contributed by atoms with Gasteiger partial charge in [0, 0.05) is 26.0 Å². The van der Waals surface area contributed by atoms with Crippen LogP contribution in [0.5, 0.6) is 5.88 Å². The zero-order valence-corrected chi connectivity index (χ0v) is 12.4. The van der Waals surface area contributed by atoms with Gasteiger partial charge in [0.25, 0.3) is 0 Å². The van der Waals surface area contributed by atoms with Crippen LogP contribution < -0.4 is 15.8 Å². The molecule has 1 aromatic heterocycles. The molecular weight excluding hydrogens is 280 g/mol. The fourth-order valence-electron chi connectivity index (χ4n) is 1.37. The Labute approximate surface area is 124 Å². The van der Waals surface area contributed by atoms with Crippen LogP contribution in [0.1, 0.15) is 13.3 Å². The number of nitrogens with one attached hydrogen (secondary N) is 1. The highest BCUT2D eigenvalue weighted by Crippen LogP contribution is 2.19. The summed E-state index contributed by atoms with van der Waals surface area (Å²) in [7, 11) is 0. The molecule has 0 atom stereocenters. The number of nitrogens with two attached hydrogens (primary N) is 1. The molecule has 0 aromatic carbocycles. The Balaban J connectivity index is 2.11. The number of guanidine groups is 1. The molecule has 1 rings (SSSR count). The summed E-state index contributed by atoms with van der Waals surface area (Å²) in [5.41, 5.74) is 5.70. The minimum atomic E-state index is 0.400. The van der Waals surface area contributed by atoms with E-state index in [2.05, 4.69) is 15.3 Å². The van der Waals surface area contributed by atoms with Crippen molar-refractivity contribution in [2.75, 3.05) is 32.9 Å². The highest BCUT2D eigenvalue weighted by atomic mass is 35.5. The van der Waals surface area contributed by atoms with E-state index in [1.54, 1.807) is 18.3 Å². The van der Waals surface area contributed by atoms with Crippen molar-refractivity contribution in [3.8, 4) is 5.88 Å². The van der Waals surface area contributed by atoms with Crippen molar-refractivity contribution in [1.29, 1.82) is 0 Å². The number of aliphatic imine (C=N–C) groups is 1. The topological polar surface area (TPSA) is 81.8 Å². The third kappa shape index (κ3) is 7.16. The monoisotopic (exact) mass is 300 g/mol. The second-order valence-electron chi connectivity index (χ2n) is 3.88. The predicted molar refractivity (Wildman–Crippen MR) is 80.3 cm³/mol. The van der Waals surface area contributed by atoms with Crippen molar-refractivity contribution in [1.82, 2.24) is 10.3 Å². The number of hydrogen-bond donors (Lipinski definition) is 2. The lowest BCUT2D eigenvalue weighted by Crippen LogP contribution is -2.35. The predicted octanol–water partition coefficient (Wildman–Crippen LogP) is 1.44. The van der Waals surface area contributed by atoms with Crippen molar-refractivity contribution in [3.05, 3.63) is 23.4 Å². The van der Waals surface area contributed by atoms with Gasteiger partial charge < -0.3 is 20.5 Å². The first-order valence-corrected chi connectivity index (χ1v) is 6.96. The van der Waals surface area contributed by atoms with E-state index in [4.69, 9.17) is 26.8 Å². The molecule has 0 amide bonds. The SMILES string of the molecule is CCOCCCN=C(N)NCCOc1ncccc1Cl. The first-order chi connectivity index (χ1) is 9.74. The van der Waals surface area contributed by atoms with Gasteiger partial charge in [-0.25, -0.2) is 4.98 Å². The molecule has 1 heterocycles. The third-order valence-corrected chi connectivity index (χ3v) is 2.59. The molecule has 6 nitrogen and oxygen atoms in total. The Morgan fingerprint density at radius 1 is 1.50 bits per heavy atom.